The predicted molar refractivity (Wildman–Crippen MR) is 117 cm³/mol. The summed E-state index contributed by atoms with van der Waals surface area (Å²) in [6.07, 6.45) is 19.4. The van der Waals surface area contributed by atoms with Gasteiger partial charge in [-0.1, -0.05) is 57.3 Å². The molecular weight excluding hydrogens is 340 g/mol. The van der Waals surface area contributed by atoms with E-state index in [4.69, 9.17) is 0 Å². The van der Waals surface area contributed by atoms with Crippen LogP contribution in [0.3, 0.4) is 0 Å². The second-order valence-corrected chi connectivity index (χ2v) is 8.85. The maximum Gasteiger partial charge on any atom is 0.204 e. The van der Waals surface area contributed by atoms with Crippen LogP contribution >= 0.6 is 0 Å². The van der Waals surface area contributed by atoms with E-state index in [1.54, 1.807) is 0 Å². The predicted octanol–water partition coefficient (Wildman–Crippen LogP) is 6.39. The Kier molecular flexibility index (Phi) is 8.42. The molecule has 2 fully saturated rings. The van der Waals surface area contributed by atoms with Crippen LogP contribution in [0.2, 0.25) is 0 Å². The second-order valence-electron chi connectivity index (χ2n) is 8.85. The van der Waals surface area contributed by atoms with Crippen LogP contribution in [0, 0.1) is 47.4 Å². The summed E-state index contributed by atoms with van der Waals surface area (Å²) in [5.41, 5.74) is 0.918. The Morgan fingerprint density at radius 1 is 0.714 bits per heavy atom. The minimum atomic E-state index is 0.527. The Balaban J connectivity index is 1.46. The molecule has 3 rings (SSSR count). The van der Waals surface area contributed by atoms with Gasteiger partial charge in [0.2, 0.25) is 5.82 Å². The van der Waals surface area contributed by atoms with Gasteiger partial charge in [-0.25, -0.2) is 9.97 Å². The van der Waals surface area contributed by atoms with Crippen LogP contribution in [0.25, 0.3) is 0 Å². The minimum absolute atomic E-state index is 0.527. The van der Waals surface area contributed by atoms with E-state index in [9.17, 15) is 0 Å². The molecule has 0 radical (unpaired) electrons. The highest BCUT2D eigenvalue weighted by Crippen LogP contribution is 2.32. The lowest BCUT2D eigenvalue weighted by molar-refractivity contribution is 0.300. The molecular formula is C26H36N2. The summed E-state index contributed by atoms with van der Waals surface area (Å²) in [7, 11) is 0. The summed E-state index contributed by atoms with van der Waals surface area (Å²) in [4.78, 5) is 8.84. The van der Waals surface area contributed by atoms with E-state index in [1.165, 1.54) is 77.0 Å². The first-order valence-corrected chi connectivity index (χ1v) is 11.6. The fourth-order valence-corrected chi connectivity index (χ4v) is 4.82. The van der Waals surface area contributed by atoms with Gasteiger partial charge in [-0.3, -0.25) is 0 Å². The molecule has 0 unspecified atom stereocenters. The van der Waals surface area contributed by atoms with E-state index in [1.807, 2.05) is 12.4 Å². The van der Waals surface area contributed by atoms with Crippen LogP contribution < -0.4 is 0 Å². The second kappa shape index (κ2) is 11.3. The van der Waals surface area contributed by atoms with Crippen LogP contribution in [0.1, 0.15) is 102 Å². The summed E-state index contributed by atoms with van der Waals surface area (Å²) in [6.45, 7) is 4.58. The van der Waals surface area contributed by atoms with E-state index in [-0.39, 0.29) is 0 Å². The summed E-state index contributed by atoms with van der Waals surface area (Å²) in [6, 6.07) is 0. The van der Waals surface area contributed by atoms with Gasteiger partial charge >= 0.3 is 0 Å². The van der Waals surface area contributed by atoms with Crippen LogP contribution in [0.15, 0.2) is 12.4 Å². The molecule has 2 saturated carbocycles. The number of nitrogens with zero attached hydrogens (tertiary/aromatic N) is 2. The molecule has 0 N–H and O–H groups in total. The molecule has 150 valence electrons. The van der Waals surface area contributed by atoms with Crippen LogP contribution in [-0.4, -0.2) is 9.97 Å². The zero-order chi connectivity index (χ0) is 19.6. The molecule has 28 heavy (non-hydrogen) atoms. The highest BCUT2D eigenvalue weighted by atomic mass is 14.8. The van der Waals surface area contributed by atoms with Gasteiger partial charge in [0.05, 0.1) is 5.56 Å². The van der Waals surface area contributed by atoms with Crippen molar-refractivity contribution < 1.29 is 0 Å². The van der Waals surface area contributed by atoms with Gasteiger partial charge < -0.3 is 0 Å². The van der Waals surface area contributed by atoms with Crippen molar-refractivity contribution in [2.45, 2.75) is 90.9 Å². The quantitative estimate of drug-likeness (QED) is 0.569. The van der Waals surface area contributed by atoms with Crippen molar-refractivity contribution >= 4 is 0 Å². The first kappa shape index (κ1) is 20.9. The lowest BCUT2D eigenvalue weighted by Crippen LogP contribution is -2.13. The Labute approximate surface area is 172 Å². The van der Waals surface area contributed by atoms with Crippen LogP contribution in [0.5, 0.6) is 0 Å². The molecule has 0 spiro atoms. The molecule has 1 aromatic rings. The van der Waals surface area contributed by atoms with Gasteiger partial charge in [-0.05, 0) is 69.1 Å². The highest BCUT2D eigenvalue weighted by molar-refractivity contribution is 5.32. The van der Waals surface area contributed by atoms with Crippen molar-refractivity contribution in [2.24, 2.45) is 23.7 Å². The summed E-state index contributed by atoms with van der Waals surface area (Å²) < 4.78 is 0. The minimum Gasteiger partial charge on any atom is -0.228 e. The van der Waals surface area contributed by atoms with E-state index < -0.39 is 0 Å². The van der Waals surface area contributed by atoms with Crippen LogP contribution in [-0.2, 0) is 0 Å². The van der Waals surface area contributed by atoms with Gasteiger partial charge in [-0.15, -0.1) is 0 Å². The largest absolute Gasteiger partial charge is 0.228 e. The molecule has 1 aromatic heterocycles. The number of hydrogen-bond acceptors (Lipinski definition) is 2. The van der Waals surface area contributed by atoms with E-state index >= 15 is 0 Å². The zero-order valence-electron chi connectivity index (χ0n) is 17.8. The van der Waals surface area contributed by atoms with Gasteiger partial charge in [-0.2, -0.15) is 0 Å². The summed E-state index contributed by atoms with van der Waals surface area (Å²) >= 11 is 0. The molecule has 0 bridgehead atoms. The van der Waals surface area contributed by atoms with Crippen LogP contribution in [0.4, 0.5) is 0 Å². The topological polar surface area (TPSA) is 25.8 Å². The monoisotopic (exact) mass is 376 g/mol. The zero-order valence-corrected chi connectivity index (χ0v) is 17.8. The molecule has 0 amide bonds. The lowest BCUT2D eigenvalue weighted by atomic mass is 9.80. The maximum absolute atomic E-state index is 4.42. The number of aromatic nitrogens is 2. The van der Waals surface area contributed by atoms with Crippen molar-refractivity contribution in [3.8, 4) is 23.7 Å². The van der Waals surface area contributed by atoms with E-state index in [0.29, 0.717) is 17.7 Å². The molecule has 0 aliphatic heterocycles. The van der Waals surface area contributed by atoms with E-state index in [0.717, 1.165) is 17.4 Å². The Morgan fingerprint density at radius 3 is 1.64 bits per heavy atom. The summed E-state index contributed by atoms with van der Waals surface area (Å²) in [5.74, 6) is 16.9. The van der Waals surface area contributed by atoms with Crippen molar-refractivity contribution in [1.82, 2.24) is 9.97 Å². The Morgan fingerprint density at radius 2 is 1.18 bits per heavy atom. The van der Waals surface area contributed by atoms with Crippen molar-refractivity contribution in [3.05, 3.63) is 23.8 Å². The average Bonchev–Trinajstić information content (AvgIpc) is 2.74. The first-order valence-electron chi connectivity index (χ1n) is 11.6. The molecule has 2 aliphatic carbocycles. The SMILES string of the molecule is CCC[C@H]1CC[C@H](C#Cc2cnc(C#C[C@H]3CC[C@H](CCC)CC3)nc2)CC1. The molecule has 2 nitrogen and oxygen atoms in total. The molecule has 0 atom stereocenters. The highest BCUT2D eigenvalue weighted by Gasteiger charge is 2.19. The van der Waals surface area contributed by atoms with Gasteiger partial charge in [0.15, 0.2) is 0 Å². The molecule has 0 aromatic carbocycles. The van der Waals surface area contributed by atoms with E-state index in [2.05, 4.69) is 47.5 Å². The lowest BCUT2D eigenvalue weighted by Gasteiger charge is -2.25. The molecule has 0 saturated heterocycles. The fraction of sp³-hybridized carbons (Fsp3) is 0.692. The van der Waals surface area contributed by atoms with Gasteiger partial charge in [0, 0.05) is 24.2 Å². The summed E-state index contributed by atoms with van der Waals surface area (Å²) in [5, 5.41) is 0. The standard InChI is InChI=1S/C26H36N2/c1-3-5-21-7-11-23(12-8-21)15-16-25-19-27-26(28-20-25)18-17-24-13-9-22(6-4-2)10-14-24/h19-24H,3-14H2,1-2H3/t21-,22-,23-,24-. The van der Waals surface area contributed by atoms with Crippen molar-refractivity contribution in [2.75, 3.05) is 0 Å². The Bertz CT molecular complexity index is 634. The van der Waals surface area contributed by atoms with Crippen molar-refractivity contribution in [3.63, 3.8) is 0 Å². The first-order chi connectivity index (χ1) is 13.8. The maximum atomic E-state index is 4.42. The molecule has 2 aliphatic rings. The fourth-order valence-electron chi connectivity index (χ4n) is 4.82. The number of hydrogen-bond donors (Lipinski definition) is 0. The third kappa shape index (κ3) is 6.67. The normalized spacial score (nSPS) is 27.2. The van der Waals surface area contributed by atoms with Gasteiger partial charge in [0.1, 0.15) is 0 Å². The average molecular weight is 377 g/mol. The molecule has 1 heterocycles. The third-order valence-electron chi connectivity index (χ3n) is 6.55. The molecule has 2 heteroatoms. The van der Waals surface area contributed by atoms with Gasteiger partial charge in [0.25, 0.3) is 0 Å². The smallest absolute Gasteiger partial charge is 0.204 e. The third-order valence-corrected chi connectivity index (χ3v) is 6.55. The number of rotatable bonds is 4. The van der Waals surface area contributed by atoms with Crippen molar-refractivity contribution in [1.29, 1.82) is 0 Å². The Hall–Kier alpha value is -1.80.